The lowest BCUT2D eigenvalue weighted by molar-refractivity contribution is 0.154. The zero-order valence-electron chi connectivity index (χ0n) is 14.3. The number of likely N-dealkylation sites (tertiary alicyclic amines) is 1. The quantitative estimate of drug-likeness (QED) is 0.867. The van der Waals surface area contributed by atoms with Crippen LogP contribution in [0.25, 0.3) is 5.69 Å². The standard InChI is InChI=1S/C20H25N3O/c1-15-4-3-11-22(15)14-16-12-18(13-16)17-6-8-19(9-7-17)23-20(24)5-2-10-21-23/h2,5-10,15-16,18H,3-4,11-14H2,1H3/t15-,16?,18?/m1/s1. The van der Waals surface area contributed by atoms with Gasteiger partial charge in [0.15, 0.2) is 0 Å². The van der Waals surface area contributed by atoms with Crippen LogP contribution in [0.3, 0.4) is 0 Å². The lowest BCUT2D eigenvalue weighted by atomic mass is 9.71. The maximum absolute atomic E-state index is 11.8. The topological polar surface area (TPSA) is 38.1 Å². The molecule has 2 aliphatic rings. The van der Waals surface area contributed by atoms with Crippen LogP contribution in [0.2, 0.25) is 0 Å². The molecule has 1 aromatic heterocycles. The maximum Gasteiger partial charge on any atom is 0.271 e. The van der Waals surface area contributed by atoms with Crippen LogP contribution in [0.4, 0.5) is 0 Å². The van der Waals surface area contributed by atoms with Crippen molar-refractivity contribution in [3.8, 4) is 5.69 Å². The fourth-order valence-corrected chi connectivity index (χ4v) is 4.19. The van der Waals surface area contributed by atoms with E-state index in [2.05, 4.69) is 29.1 Å². The number of aromatic nitrogens is 2. The Hall–Kier alpha value is -1.94. The van der Waals surface area contributed by atoms with E-state index in [1.807, 2.05) is 12.1 Å². The SMILES string of the molecule is C[C@@H]1CCCN1CC1CC(c2ccc(-n3ncccc3=O)cc2)C1. The van der Waals surface area contributed by atoms with E-state index in [4.69, 9.17) is 0 Å². The van der Waals surface area contributed by atoms with Crippen molar-refractivity contribution in [3.63, 3.8) is 0 Å². The van der Waals surface area contributed by atoms with Gasteiger partial charge in [-0.25, -0.2) is 0 Å². The van der Waals surface area contributed by atoms with E-state index in [9.17, 15) is 4.79 Å². The number of hydrogen-bond donors (Lipinski definition) is 0. The van der Waals surface area contributed by atoms with Gasteiger partial charge in [0.1, 0.15) is 0 Å². The van der Waals surface area contributed by atoms with Crippen LogP contribution in [0.15, 0.2) is 47.4 Å². The minimum absolute atomic E-state index is 0.0892. The molecule has 0 unspecified atom stereocenters. The van der Waals surface area contributed by atoms with Crippen molar-refractivity contribution in [2.45, 2.75) is 44.6 Å². The first-order chi connectivity index (χ1) is 11.7. The van der Waals surface area contributed by atoms with E-state index in [0.29, 0.717) is 5.92 Å². The summed E-state index contributed by atoms with van der Waals surface area (Å²) in [6.45, 7) is 4.93. The molecule has 1 atom stereocenters. The average molecular weight is 323 g/mol. The molecule has 1 saturated heterocycles. The lowest BCUT2D eigenvalue weighted by Crippen LogP contribution is -2.37. The first-order valence-corrected chi connectivity index (χ1v) is 9.09. The Labute approximate surface area is 143 Å². The van der Waals surface area contributed by atoms with Gasteiger partial charge in [-0.05, 0) is 74.8 Å². The molecule has 2 fully saturated rings. The summed E-state index contributed by atoms with van der Waals surface area (Å²) in [6, 6.07) is 12.3. The van der Waals surface area contributed by atoms with Gasteiger partial charge >= 0.3 is 0 Å². The van der Waals surface area contributed by atoms with Gasteiger partial charge < -0.3 is 4.90 Å². The van der Waals surface area contributed by atoms with E-state index >= 15 is 0 Å². The average Bonchev–Trinajstić information content (AvgIpc) is 2.96. The summed E-state index contributed by atoms with van der Waals surface area (Å²) in [6.07, 6.45) is 6.97. The van der Waals surface area contributed by atoms with E-state index in [1.54, 1.807) is 12.3 Å². The number of hydrogen-bond acceptors (Lipinski definition) is 3. The van der Waals surface area contributed by atoms with Gasteiger partial charge in [0, 0.05) is 24.8 Å². The number of benzene rings is 1. The highest BCUT2D eigenvalue weighted by Crippen LogP contribution is 2.42. The molecular formula is C20H25N3O. The molecule has 24 heavy (non-hydrogen) atoms. The molecular weight excluding hydrogens is 298 g/mol. The molecule has 2 aromatic rings. The fraction of sp³-hybridized carbons (Fsp3) is 0.500. The third-order valence-electron chi connectivity index (χ3n) is 5.74. The van der Waals surface area contributed by atoms with E-state index in [1.165, 1.54) is 55.1 Å². The van der Waals surface area contributed by atoms with Crippen molar-refractivity contribution in [3.05, 3.63) is 58.5 Å². The van der Waals surface area contributed by atoms with Crippen molar-refractivity contribution in [1.82, 2.24) is 14.7 Å². The molecule has 1 aliphatic carbocycles. The molecule has 126 valence electrons. The first kappa shape index (κ1) is 15.6. The number of rotatable bonds is 4. The Morgan fingerprint density at radius 3 is 2.62 bits per heavy atom. The van der Waals surface area contributed by atoms with Crippen molar-refractivity contribution in [1.29, 1.82) is 0 Å². The Morgan fingerprint density at radius 1 is 1.17 bits per heavy atom. The highest BCUT2D eigenvalue weighted by molar-refractivity contribution is 5.35. The van der Waals surface area contributed by atoms with Crippen LogP contribution in [0.1, 0.15) is 44.1 Å². The van der Waals surface area contributed by atoms with Crippen LogP contribution in [0.5, 0.6) is 0 Å². The molecule has 0 radical (unpaired) electrons. The minimum Gasteiger partial charge on any atom is -0.300 e. The lowest BCUT2D eigenvalue weighted by Gasteiger charge is -2.39. The molecule has 1 aliphatic heterocycles. The summed E-state index contributed by atoms with van der Waals surface area (Å²) in [7, 11) is 0. The second kappa shape index (κ2) is 6.52. The highest BCUT2D eigenvalue weighted by atomic mass is 16.1. The van der Waals surface area contributed by atoms with Gasteiger partial charge in [0.05, 0.1) is 5.69 Å². The molecule has 1 aromatic carbocycles. The third-order valence-corrected chi connectivity index (χ3v) is 5.74. The van der Waals surface area contributed by atoms with Gasteiger partial charge in [-0.1, -0.05) is 12.1 Å². The predicted molar refractivity (Wildman–Crippen MR) is 95.6 cm³/mol. The van der Waals surface area contributed by atoms with Crippen molar-refractivity contribution in [2.75, 3.05) is 13.1 Å². The molecule has 4 rings (SSSR count). The largest absolute Gasteiger partial charge is 0.300 e. The summed E-state index contributed by atoms with van der Waals surface area (Å²) in [5.74, 6) is 1.54. The Morgan fingerprint density at radius 2 is 1.96 bits per heavy atom. The van der Waals surface area contributed by atoms with Gasteiger partial charge in [-0.15, -0.1) is 0 Å². The smallest absolute Gasteiger partial charge is 0.271 e. The Bertz CT molecular complexity index is 746. The molecule has 0 amide bonds. The zero-order chi connectivity index (χ0) is 16.5. The van der Waals surface area contributed by atoms with Crippen LogP contribution in [0, 0.1) is 5.92 Å². The molecule has 4 heteroatoms. The van der Waals surface area contributed by atoms with Crippen LogP contribution in [-0.2, 0) is 0 Å². The van der Waals surface area contributed by atoms with E-state index in [-0.39, 0.29) is 5.56 Å². The van der Waals surface area contributed by atoms with E-state index in [0.717, 1.165) is 17.6 Å². The summed E-state index contributed by atoms with van der Waals surface area (Å²) in [5, 5.41) is 4.13. The number of nitrogens with zero attached hydrogens (tertiary/aromatic N) is 3. The van der Waals surface area contributed by atoms with E-state index < -0.39 is 0 Å². The molecule has 0 N–H and O–H groups in total. The Balaban J connectivity index is 1.37. The van der Waals surface area contributed by atoms with Crippen LogP contribution in [-0.4, -0.2) is 33.8 Å². The zero-order valence-corrected chi connectivity index (χ0v) is 14.3. The van der Waals surface area contributed by atoms with Crippen molar-refractivity contribution >= 4 is 0 Å². The predicted octanol–water partition coefficient (Wildman–Crippen LogP) is 3.21. The molecule has 2 heterocycles. The van der Waals surface area contributed by atoms with Crippen molar-refractivity contribution in [2.24, 2.45) is 5.92 Å². The third kappa shape index (κ3) is 3.03. The van der Waals surface area contributed by atoms with Gasteiger partial charge in [-0.2, -0.15) is 9.78 Å². The Kier molecular flexibility index (Phi) is 4.23. The highest BCUT2D eigenvalue weighted by Gasteiger charge is 2.33. The molecule has 1 saturated carbocycles. The monoisotopic (exact) mass is 323 g/mol. The van der Waals surface area contributed by atoms with Crippen LogP contribution >= 0.6 is 0 Å². The summed E-state index contributed by atoms with van der Waals surface area (Å²) >= 11 is 0. The maximum atomic E-state index is 11.8. The van der Waals surface area contributed by atoms with Crippen molar-refractivity contribution < 1.29 is 0 Å². The fourth-order valence-electron chi connectivity index (χ4n) is 4.19. The molecule has 0 bridgehead atoms. The first-order valence-electron chi connectivity index (χ1n) is 9.09. The van der Waals surface area contributed by atoms with Gasteiger partial charge in [0.25, 0.3) is 5.56 Å². The normalized spacial score (nSPS) is 27.1. The van der Waals surface area contributed by atoms with Gasteiger partial charge in [0.2, 0.25) is 0 Å². The second-order valence-electron chi connectivity index (χ2n) is 7.39. The molecule has 4 nitrogen and oxygen atoms in total. The second-order valence-corrected chi connectivity index (χ2v) is 7.39. The summed E-state index contributed by atoms with van der Waals surface area (Å²) < 4.78 is 1.45. The minimum atomic E-state index is -0.0892. The van der Waals surface area contributed by atoms with Crippen LogP contribution < -0.4 is 5.56 Å². The summed E-state index contributed by atoms with van der Waals surface area (Å²) in [5.41, 5.74) is 2.15. The summed E-state index contributed by atoms with van der Waals surface area (Å²) in [4.78, 5) is 14.5. The molecule has 0 spiro atoms. The van der Waals surface area contributed by atoms with Gasteiger partial charge in [-0.3, -0.25) is 4.79 Å².